The van der Waals surface area contributed by atoms with E-state index in [-0.39, 0.29) is 18.8 Å². The van der Waals surface area contributed by atoms with Gasteiger partial charge in [-0.3, -0.25) is 9.69 Å². The number of methoxy groups -OCH3 is 1. The number of nitrogens with zero attached hydrogens (tertiary/aromatic N) is 3. The summed E-state index contributed by atoms with van der Waals surface area (Å²) in [6, 6.07) is 7.72. The Labute approximate surface area is 189 Å². The second-order valence-corrected chi connectivity index (χ2v) is 7.67. The largest absolute Gasteiger partial charge is 0.468 e. The molecule has 170 valence electrons. The number of aromatic nitrogens is 2. The Hall–Kier alpha value is -3.15. The van der Waals surface area contributed by atoms with Gasteiger partial charge in [-0.15, -0.1) is 16.6 Å². The molecule has 1 unspecified atom stereocenters. The second kappa shape index (κ2) is 11.5. The molecule has 0 aliphatic carbocycles. The van der Waals surface area contributed by atoms with Gasteiger partial charge in [0.2, 0.25) is 0 Å². The number of hydrogen-bond acceptors (Lipinski definition) is 8. The maximum Gasteiger partial charge on any atom is 0.319 e. The zero-order chi connectivity index (χ0) is 22.9. The molecule has 0 spiro atoms. The lowest BCUT2D eigenvalue weighted by atomic mass is 10.0. The highest BCUT2D eigenvalue weighted by atomic mass is 16.7. The molecule has 1 fully saturated rings. The van der Waals surface area contributed by atoms with E-state index in [2.05, 4.69) is 26.3 Å². The number of ether oxygens (including phenoxy) is 3. The van der Waals surface area contributed by atoms with E-state index in [0.29, 0.717) is 24.7 Å². The van der Waals surface area contributed by atoms with E-state index in [1.54, 1.807) is 6.07 Å². The van der Waals surface area contributed by atoms with Crippen LogP contribution >= 0.6 is 0 Å². The first-order valence-electron chi connectivity index (χ1n) is 10.8. The summed E-state index contributed by atoms with van der Waals surface area (Å²) in [5, 5.41) is 12.3. The van der Waals surface area contributed by atoms with E-state index in [1.165, 1.54) is 7.11 Å². The van der Waals surface area contributed by atoms with Crippen molar-refractivity contribution in [2.45, 2.75) is 32.7 Å². The van der Waals surface area contributed by atoms with Crippen LogP contribution in [0.25, 0.3) is 11.3 Å². The first-order valence-corrected chi connectivity index (χ1v) is 10.8. The van der Waals surface area contributed by atoms with Crippen molar-refractivity contribution >= 4 is 11.8 Å². The normalized spacial score (nSPS) is 16.2. The van der Waals surface area contributed by atoms with Crippen molar-refractivity contribution in [1.29, 1.82) is 0 Å². The summed E-state index contributed by atoms with van der Waals surface area (Å²) in [6.45, 7) is 6.52. The number of rotatable bonds is 9. The van der Waals surface area contributed by atoms with Gasteiger partial charge in [0.05, 0.1) is 19.3 Å². The second-order valence-electron chi connectivity index (χ2n) is 7.67. The van der Waals surface area contributed by atoms with Gasteiger partial charge in [-0.2, -0.15) is 0 Å². The van der Waals surface area contributed by atoms with Crippen molar-refractivity contribution in [3.8, 4) is 29.4 Å². The van der Waals surface area contributed by atoms with Crippen LogP contribution in [-0.4, -0.2) is 67.3 Å². The summed E-state index contributed by atoms with van der Waals surface area (Å²) < 4.78 is 15.9. The predicted molar refractivity (Wildman–Crippen MR) is 122 cm³/mol. The summed E-state index contributed by atoms with van der Waals surface area (Å²) in [5.41, 5.74) is 3.21. The smallest absolute Gasteiger partial charge is 0.319 e. The number of piperidine rings is 1. The van der Waals surface area contributed by atoms with Gasteiger partial charge in [0, 0.05) is 30.3 Å². The highest BCUT2D eigenvalue weighted by molar-refractivity contribution is 5.72. The average molecular weight is 439 g/mol. The lowest BCUT2D eigenvalue weighted by molar-refractivity contribution is -0.142. The zero-order valence-electron chi connectivity index (χ0n) is 18.9. The Morgan fingerprint density at radius 3 is 2.91 bits per heavy atom. The van der Waals surface area contributed by atoms with Gasteiger partial charge < -0.3 is 19.5 Å². The topological polar surface area (TPSA) is 85.8 Å². The first kappa shape index (κ1) is 23.5. The standard InChI is InChI=1S/C24H30N4O4/c1-5-18-9-10-20(21(13-18)32-16-31-6-2)24-17(3)12-22(26-27-24)25-19-8-7-11-28(14-19)15-23(29)30-4/h1,9-10,12-13,19H,6-8,11,14-16H2,2-4H3,(H,25,26). The van der Waals surface area contributed by atoms with Crippen molar-refractivity contribution in [1.82, 2.24) is 15.1 Å². The number of carbonyl (C=O) groups excluding carboxylic acids is 1. The zero-order valence-corrected chi connectivity index (χ0v) is 18.9. The molecule has 2 heterocycles. The lowest BCUT2D eigenvalue weighted by Crippen LogP contribution is -2.44. The number of hydrogen-bond donors (Lipinski definition) is 1. The van der Waals surface area contributed by atoms with E-state index in [4.69, 9.17) is 20.6 Å². The fourth-order valence-corrected chi connectivity index (χ4v) is 3.71. The van der Waals surface area contributed by atoms with E-state index in [0.717, 1.165) is 48.3 Å². The Morgan fingerprint density at radius 2 is 2.19 bits per heavy atom. The molecule has 1 atom stereocenters. The molecule has 1 saturated heterocycles. The third-order valence-electron chi connectivity index (χ3n) is 5.33. The van der Waals surface area contributed by atoms with Gasteiger partial charge in [0.1, 0.15) is 11.6 Å². The Bertz CT molecular complexity index is 973. The molecular weight excluding hydrogens is 408 g/mol. The van der Waals surface area contributed by atoms with Crippen LogP contribution in [0.1, 0.15) is 30.9 Å². The molecule has 2 aromatic rings. The summed E-state index contributed by atoms with van der Waals surface area (Å²) >= 11 is 0. The molecular formula is C24H30N4O4. The molecule has 8 nitrogen and oxygen atoms in total. The van der Waals surface area contributed by atoms with Crippen molar-refractivity contribution < 1.29 is 19.0 Å². The van der Waals surface area contributed by atoms with Crippen LogP contribution in [0.15, 0.2) is 24.3 Å². The van der Waals surface area contributed by atoms with Crippen molar-refractivity contribution in [2.75, 3.05) is 45.5 Å². The number of anilines is 1. The number of terminal acetylenes is 1. The quantitative estimate of drug-likeness (QED) is 0.277. The van der Waals surface area contributed by atoms with Gasteiger partial charge in [-0.1, -0.05) is 5.92 Å². The summed E-state index contributed by atoms with van der Waals surface area (Å²) in [4.78, 5) is 13.7. The minimum atomic E-state index is -0.219. The third-order valence-corrected chi connectivity index (χ3v) is 5.33. The highest BCUT2D eigenvalue weighted by Gasteiger charge is 2.22. The molecule has 1 aliphatic rings. The molecule has 32 heavy (non-hydrogen) atoms. The molecule has 0 bridgehead atoms. The number of carbonyl (C=O) groups is 1. The first-order chi connectivity index (χ1) is 15.5. The van der Waals surface area contributed by atoms with Crippen LogP contribution in [0.5, 0.6) is 5.75 Å². The Balaban J connectivity index is 1.74. The molecule has 3 rings (SSSR count). The SMILES string of the molecule is C#Cc1ccc(-c2nnc(NC3CCCN(CC(=O)OC)C3)cc2C)c(OCOCC)c1. The van der Waals surface area contributed by atoms with Gasteiger partial charge in [0.25, 0.3) is 0 Å². The van der Waals surface area contributed by atoms with Crippen molar-refractivity contribution in [3.63, 3.8) is 0 Å². The fourth-order valence-electron chi connectivity index (χ4n) is 3.71. The predicted octanol–water partition coefficient (Wildman–Crippen LogP) is 2.86. The van der Waals surface area contributed by atoms with Gasteiger partial charge in [-0.05, 0) is 63.1 Å². The summed E-state index contributed by atoms with van der Waals surface area (Å²) in [6.07, 6.45) is 7.55. The van der Waals surface area contributed by atoms with Crippen LogP contribution in [-0.2, 0) is 14.3 Å². The maximum atomic E-state index is 11.6. The number of aryl methyl sites for hydroxylation is 1. The maximum absolute atomic E-state index is 11.6. The third kappa shape index (κ3) is 6.19. The molecule has 1 N–H and O–H groups in total. The fraction of sp³-hybridized carbons (Fsp3) is 0.458. The molecule has 1 aromatic carbocycles. The number of nitrogens with one attached hydrogen (secondary N) is 1. The van der Waals surface area contributed by atoms with Crippen molar-refractivity contribution in [3.05, 3.63) is 35.4 Å². The monoisotopic (exact) mass is 438 g/mol. The minimum absolute atomic E-state index is 0.132. The van der Waals surface area contributed by atoms with Crippen LogP contribution < -0.4 is 10.1 Å². The van der Waals surface area contributed by atoms with E-state index in [1.807, 2.05) is 32.0 Å². The lowest BCUT2D eigenvalue weighted by Gasteiger charge is -2.32. The summed E-state index contributed by atoms with van der Waals surface area (Å²) in [7, 11) is 1.41. The number of likely N-dealkylation sites (tertiary alicyclic amines) is 1. The molecule has 0 radical (unpaired) electrons. The number of esters is 1. The van der Waals surface area contributed by atoms with Gasteiger partial charge in [0.15, 0.2) is 6.79 Å². The Morgan fingerprint density at radius 1 is 1.34 bits per heavy atom. The van der Waals surface area contributed by atoms with Crippen molar-refractivity contribution in [2.24, 2.45) is 0 Å². The molecule has 1 aromatic heterocycles. The van der Waals surface area contributed by atoms with Gasteiger partial charge >= 0.3 is 5.97 Å². The molecule has 0 amide bonds. The molecule has 1 aliphatic heterocycles. The van der Waals surface area contributed by atoms with Crippen LogP contribution in [0, 0.1) is 19.3 Å². The summed E-state index contributed by atoms with van der Waals surface area (Å²) in [5.74, 6) is 3.72. The highest BCUT2D eigenvalue weighted by Crippen LogP contribution is 2.32. The average Bonchev–Trinajstić information content (AvgIpc) is 2.80. The molecule has 8 heteroatoms. The van der Waals surface area contributed by atoms with E-state index >= 15 is 0 Å². The number of benzene rings is 1. The van der Waals surface area contributed by atoms with E-state index < -0.39 is 0 Å². The van der Waals surface area contributed by atoms with Gasteiger partial charge in [-0.25, -0.2) is 0 Å². The molecule has 0 saturated carbocycles. The van der Waals surface area contributed by atoms with Crippen LogP contribution in [0.4, 0.5) is 5.82 Å². The minimum Gasteiger partial charge on any atom is -0.468 e. The van der Waals surface area contributed by atoms with Crippen LogP contribution in [0.3, 0.4) is 0 Å². The van der Waals surface area contributed by atoms with E-state index in [9.17, 15) is 4.79 Å². The Kier molecular flexibility index (Phi) is 8.42. The van der Waals surface area contributed by atoms with Crippen LogP contribution in [0.2, 0.25) is 0 Å².